The minimum atomic E-state index is -0.908. The van der Waals surface area contributed by atoms with Gasteiger partial charge in [-0.2, -0.15) is 4.98 Å². The Kier molecular flexibility index (Phi) is 8.84. The molecule has 0 radical (unpaired) electrons. The Morgan fingerprint density at radius 1 is 1.14 bits per heavy atom. The normalized spacial score (nSPS) is 12.0. The second-order valence-electron chi connectivity index (χ2n) is 8.63. The summed E-state index contributed by atoms with van der Waals surface area (Å²) in [6.45, 7) is 9.25. The third-order valence-electron chi connectivity index (χ3n) is 5.30. The number of rotatable bonds is 11. The van der Waals surface area contributed by atoms with E-state index in [1.54, 1.807) is 0 Å². The van der Waals surface area contributed by atoms with Crippen LogP contribution in [0.4, 0.5) is 0 Å². The second kappa shape index (κ2) is 11.8. The quantitative estimate of drug-likeness (QED) is 0.379. The molecule has 0 bridgehead atoms. The van der Waals surface area contributed by atoms with Gasteiger partial charge in [0.1, 0.15) is 30.8 Å². The molecule has 0 aliphatic heterocycles. The van der Waals surface area contributed by atoms with Crippen molar-refractivity contribution in [3.8, 4) is 34.3 Å². The van der Waals surface area contributed by atoms with Crippen LogP contribution < -0.4 is 14.8 Å². The zero-order valence-corrected chi connectivity index (χ0v) is 20.8. The molecule has 3 rings (SSSR count). The predicted molar refractivity (Wildman–Crippen MR) is 131 cm³/mol. The summed E-state index contributed by atoms with van der Waals surface area (Å²) in [5.41, 5.74) is 4.40. The van der Waals surface area contributed by atoms with Crippen LogP contribution in [0, 0.1) is 13.8 Å². The lowest BCUT2D eigenvalue weighted by Gasteiger charge is -2.17. The third kappa shape index (κ3) is 6.80. The molecule has 1 aromatic heterocycles. The first-order valence-electron chi connectivity index (χ1n) is 11.7. The van der Waals surface area contributed by atoms with Crippen molar-refractivity contribution in [3.05, 3.63) is 47.0 Å². The van der Waals surface area contributed by atoms with Gasteiger partial charge in [-0.05, 0) is 81.1 Å². The van der Waals surface area contributed by atoms with Crippen LogP contribution in [0.5, 0.6) is 11.5 Å². The molecule has 188 valence electrons. The molecule has 0 saturated heterocycles. The number of aromatic nitrogens is 2. The highest BCUT2D eigenvalue weighted by Crippen LogP contribution is 2.32. The fraction of sp³-hybridized carbons (Fsp3) is 0.423. The van der Waals surface area contributed by atoms with Crippen LogP contribution >= 0.6 is 0 Å². The van der Waals surface area contributed by atoms with Crippen molar-refractivity contribution in [2.75, 3.05) is 19.8 Å². The van der Waals surface area contributed by atoms with Gasteiger partial charge in [0.25, 0.3) is 5.89 Å². The van der Waals surface area contributed by atoms with Crippen LogP contribution in [0.25, 0.3) is 22.8 Å². The molecule has 0 aliphatic rings. The van der Waals surface area contributed by atoms with Gasteiger partial charge in [-0.3, -0.25) is 4.79 Å². The highest BCUT2D eigenvalue weighted by atomic mass is 16.5. The third-order valence-corrected chi connectivity index (χ3v) is 5.30. The summed E-state index contributed by atoms with van der Waals surface area (Å²) in [6.07, 6.45) is -0.120. The summed E-state index contributed by atoms with van der Waals surface area (Å²) in [5.74, 6) is 1.83. The van der Waals surface area contributed by atoms with Gasteiger partial charge in [0.2, 0.25) is 11.7 Å². The Balaban J connectivity index is 1.76. The molecule has 1 heterocycles. The van der Waals surface area contributed by atoms with Crippen molar-refractivity contribution in [2.45, 2.75) is 53.2 Å². The number of ether oxygens (including phenoxy) is 2. The molecule has 1 atom stereocenters. The van der Waals surface area contributed by atoms with Crippen molar-refractivity contribution in [1.29, 1.82) is 0 Å². The number of aliphatic hydroxyl groups excluding tert-OH is 2. The van der Waals surface area contributed by atoms with Gasteiger partial charge >= 0.3 is 0 Å². The molecule has 2 aromatic carbocycles. The Labute approximate surface area is 205 Å². The van der Waals surface area contributed by atoms with E-state index in [-0.39, 0.29) is 19.3 Å². The van der Waals surface area contributed by atoms with Gasteiger partial charge < -0.3 is 29.5 Å². The average Bonchev–Trinajstić information content (AvgIpc) is 3.32. The Morgan fingerprint density at radius 3 is 2.54 bits per heavy atom. The minimum absolute atomic E-state index is 0.00111. The summed E-state index contributed by atoms with van der Waals surface area (Å²) in [6, 6.07) is 9.62. The maximum absolute atomic E-state index is 11.1. The Hall–Kier alpha value is -3.43. The standard InChI is InChI=1S/C26H33N3O6/c1-6-18-11-20(10-17(5)24(18)33-14-21(31)12-27-23(32)13-30)25-28-26(35-29-25)19-7-8-22(16(4)9-19)34-15(2)3/h7-11,15,21,30-31H,6,12-14H2,1-5H3,(H,27,32)/t21-/m1/s1. The molecule has 0 unspecified atom stereocenters. The fourth-order valence-electron chi connectivity index (χ4n) is 3.60. The first-order valence-corrected chi connectivity index (χ1v) is 11.7. The molecule has 9 heteroatoms. The predicted octanol–water partition coefficient (Wildman–Crippen LogP) is 3.22. The van der Waals surface area contributed by atoms with Crippen molar-refractivity contribution in [1.82, 2.24) is 15.5 Å². The number of carbonyl (C=O) groups is 1. The Morgan fingerprint density at radius 2 is 1.89 bits per heavy atom. The van der Waals surface area contributed by atoms with Gasteiger partial charge in [0.15, 0.2) is 0 Å². The van der Waals surface area contributed by atoms with E-state index in [1.807, 2.05) is 65.0 Å². The van der Waals surface area contributed by atoms with Crippen LogP contribution in [0.2, 0.25) is 0 Å². The number of hydrogen-bond donors (Lipinski definition) is 3. The van der Waals surface area contributed by atoms with E-state index in [0.717, 1.165) is 33.6 Å². The molecule has 9 nitrogen and oxygen atoms in total. The van der Waals surface area contributed by atoms with Crippen LogP contribution in [0.1, 0.15) is 37.5 Å². The maximum atomic E-state index is 11.1. The molecular weight excluding hydrogens is 450 g/mol. The van der Waals surface area contributed by atoms with Crippen LogP contribution in [0.3, 0.4) is 0 Å². The van der Waals surface area contributed by atoms with Crippen molar-refractivity contribution >= 4 is 5.91 Å². The largest absolute Gasteiger partial charge is 0.491 e. The zero-order chi connectivity index (χ0) is 25.5. The number of benzene rings is 2. The highest BCUT2D eigenvalue weighted by molar-refractivity contribution is 5.76. The van der Waals surface area contributed by atoms with Crippen molar-refractivity contribution < 1.29 is 29.0 Å². The zero-order valence-electron chi connectivity index (χ0n) is 20.8. The number of amides is 1. The lowest BCUT2D eigenvalue weighted by Crippen LogP contribution is -2.36. The summed E-state index contributed by atoms with van der Waals surface area (Å²) in [7, 11) is 0. The van der Waals surface area contributed by atoms with Crippen LogP contribution in [-0.2, 0) is 11.2 Å². The monoisotopic (exact) mass is 483 g/mol. The van der Waals surface area contributed by atoms with E-state index >= 15 is 0 Å². The second-order valence-corrected chi connectivity index (χ2v) is 8.63. The van der Waals surface area contributed by atoms with Gasteiger partial charge in [0, 0.05) is 17.7 Å². The molecule has 3 aromatic rings. The lowest BCUT2D eigenvalue weighted by atomic mass is 10.0. The first-order chi connectivity index (χ1) is 16.7. The van der Waals surface area contributed by atoms with Crippen molar-refractivity contribution in [3.63, 3.8) is 0 Å². The molecule has 0 aliphatic carbocycles. The van der Waals surface area contributed by atoms with Crippen LogP contribution in [-0.4, -0.2) is 58.2 Å². The summed E-state index contributed by atoms with van der Waals surface area (Å²) >= 11 is 0. The Bertz CT molecular complexity index is 1160. The van der Waals surface area contributed by atoms with Gasteiger partial charge in [-0.1, -0.05) is 12.1 Å². The van der Waals surface area contributed by atoms with E-state index in [4.69, 9.17) is 19.1 Å². The highest BCUT2D eigenvalue weighted by Gasteiger charge is 2.17. The number of carbonyl (C=O) groups excluding carboxylic acids is 1. The van der Waals surface area contributed by atoms with E-state index in [2.05, 4.69) is 15.5 Å². The molecule has 1 amide bonds. The minimum Gasteiger partial charge on any atom is -0.491 e. The molecule has 0 saturated carbocycles. The van der Waals surface area contributed by atoms with Crippen LogP contribution in [0.15, 0.2) is 34.9 Å². The maximum Gasteiger partial charge on any atom is 0.258 e. The number of hydrogen-bond acceptors (Lipinski definition) is 8. The summed E-state index contributed by atoms with van der Waals surface area (Å²) in [4.78, 5) is 15.7. The average molecular weight is 484 g/mol. The lowest BCUT2D eigenvalue weighted by molar-refractivity contribution is -0.124. The van der Waals surface area contributed by atoms with Gasteiger partial charge in [0.05, 0.1) is 6.10 Å². The van der Waals surface area contributed by atoms with E-state index < -0.39 is 18.6 Å². The van der Waals surface area contributed by atoms with Gasteiger partial charge in [-0.15, -0.1) is 0 Å². The fourth-order valence-corrected chi connectivity index (χ4v) is 3.60. The number of nitrogens with one attached hydrogen (secondary N) is 1. The number of aliphatic hydroxyl groups is 2. The molecule has 0 spiro atoms. The topological polar surface area (TPSA) is 127 Å². The molecule has 35 heavy (non-hydrogen) atoms. The molecular formula is C26H33N3O6. The van der Waals surface area contributed by atoms with E-state index in [1.165, 1.54) is 0 Å². The summed E-state index contributed by atoms with van der Waals surface area (Å²) < 4.78 is 17.2. The van der Waals surface area contributed by atoms with Gasteiger partial charge in [-0.25, -0.2) is 0 Å². The number of aryl methyl sites for hydroxylation is 3. The summed E-state index contributed by atoms with van der Waals surface area (Å²) in [5, 5.41) is 25.4. The first kappa shape index (κ1) is 26.2. The smallest absolute Gasteiger partial charge is 0.258 e. The van der Waals surface area contributed by atoms with Crippen molar-refractivity contribution in [2.24, 2.45) is 0 Å². The SMILES string of the molecule is CCc1cc(-c2noc(-c3ccc(OC(C)C)c(C)c3)n2)cc(C)c1OC[C@H](O)CNC(=O)CO. The van der Waals surface area contributed by atoms with E-state index in [9.17, 15) is 9.90 Å². The number of nitrogens with zero attached hydrogens (tertiary/aromatic N) is 2. The molecule has 3 N–H and O–H groups in total. The molecule has 0 fully saturated rings. The van der Waals surface area contributed by atoms with E-state index in [0.29, 0.717) is 23.9 Å².